The smallest absolute Gasteiger partial charge is 0.317 e. The van der Waals surface area contributed by atoms with E-state index < -0.39 is 23.7 Å². The maximum atomic E-state index is 13.4. The zero-order valence-corrected chi connectivity index (χ0v) is 21.9. The summed E-state index contributed by atoms with van der Waals surface area (Å²) in [5, 5.41) is 24.2. The van der Waals surface area contributed by atoms with Gasteiger partial charge in [0.25, 0.3) is 5.91 Å². The van der Waals surface area contributed by atoms with Crippen LogP contribution in [0.3, 0.4) is 0 Å². The molecular formula is C28H34N4O6. The Morgan fingerprint density at radius 1 is 1.13 bits per heavy atom. The molecule has 10 heteroatoms. The molecule has 1 atom stereocenters. The number of Topliss-reactive ketones (excluding diaryl/α,β-unsaturated/α-hetero) is 1. The first-order chi connectivity index (χ1) is 18.2. The van der Waals surface area contributed by atoms with Crippen LogP contribution in [0.4, 0.5) is 5.69 Å². The number of aliphatic carboxylic acids is 1. The molecule has 2 fully saturated rings. The van der Waals surface area contributed by atoms with Crippen molar-refractivity contribution in [1.82, 2.24) is 9.80 Å². The maximum Gasteiger partial charge on any atom is 0.317 e. The molecule has 1 unspecified atom stereocenters. The summed E-state index contributed by atoms with van der Waals surface area (Å²) in [6.45, 7) is 5.70. The second-order valence-electron chi connectivity index (χ2n) is 9.86. The SMILES string of the molecule is COCCN1C(=O)C(=NNc2cccc(C3CCN(CC(=O)O)CC3)c2O)C(=O)C1c1ccc(C)c(C)c1. The number of likely N-dealkylation sites (tertiary alicyclic amines) is 2. The van der Waals surface area contributed by atoms with Crippen LogP contribution in [-0.2, 0) is 19.1 Å². The number of piperidine rings is 1. The van der Waals surface area contributed by atoms with Gasteiger partial charge >= 0.3 is 5.97 Å². The predicted octanol–water partition coefficient (Wildman–Crippen LogP) is 2.84. The molecule has 2 saturated heterocycles. The van der Waals surface area contributed by atoms with Crippen LogP contribution in [-0.4, -0.2) is 83.3 Å². The molecule has 2 aromatic rings. The Morgan fingerprint density at radius 2 is 1.87 bits per heavy atom. The van der Waals surface area contributed by atoms with Crippen molar-refractivity contribution in [2.75, 3.05) is 45.3 Å². The Hall–Kier alpha value is -3.76. The number of hydrogen-bond acceptors (Lipinski definition) is 8. The standard InChI is InChI=1S/C28H34N4O6/c1-17-7-8-20(15-18(17)2)25-27(36)24(28(37)32(25)13-14-38-3)30-29-22-6-4-5-21(26(22)35)19-9-11-31(12-10-19)16-23(33)34/h4-8,15,19,25,29,35H,9-14,16H2,1-3H3,(H,33,34). The van der Waals surface area contributed by atoms with Crippen molar-refractivity contribution in [3.05, 3.63) is 58.7 Å². The summed E-state index contributed by atoms with van der Waals surface area (Å²) in [5.41, 5.74) is 6.37. The molecule has 0 saturated carbocycles. The van der Waals surface area contributed by atoms with Gasteiger partial charge in [0, 0.05) is 13.7 Å². The Balaban J connectivity index is 1.55. The van der Waals surface area contributed by atoms with Crippen LogP contribution < -0.4 is 5.43 Å². The number of rotatable bonds is 9. The lowest BCUT2D eigenvalue weighted by Crippen LogP contribution is -2.36. The van der Waals surface area contributed by atoms with Gasteiger partial charge in [-0.25, -0.2) is 0 Å². The number of ketones is 1. The van der Waals surface area contributed by atoms with E-state index in [9.17, 15) is 19.5 Å². The Morgan fingerprint density at radius 3 is 2.53 bits per heavy atom. The summed E-state index contributed by atoms with van der Waals surface area (Å²) in [4.78, 5) is 41.0. The number of amides is 1. The van der Waals surface area contributed by atoms with Crippen LogP contribution >= 0.6 is 0 Å². The number of carboxylic acid groups (broad SMARTS) is 1. The van der Waals surface area contributed by atoms with Crippen LogP contribution in [0, 0.1) is 13.8 Å². The zero-order valence-electron chi connectivity index (χ0n) is 21.9. The number of methoxy groups -OCH3 is 1. The zero-order chi connectivity index (χ0) is 27.4. The number of ether oxygens (including phenoxy) is 1. The fraction of sp³-hybridized carbons (Fsp3) is 0.429. The molecule has 0 spiro atoms. The van der Waals surface area contributed by atoms with Gasteiger partial charge in [0.05, 0.1) is 18.8 Å². The average Bonchev–Trinajstić information content (AvgIpc) is 3.12. The first-order valence-electron chi connectivity index (χ1n) is 12.7. The molecule has 2 heterocycles. The van der Waals surface area contributed by atoms with Crippen LogP contribution in [0.25, 0.3) is 0 Å². The highest BCUT2D eigenvalue weighted by atomic mass is 16.5. The van der Waals surface area contributed by atoms with Gasteiger partial charge in [-0.2, -0.15) is 5.10 Å². The lowest BCUT2D eigenvalue weighted by atomic mass is 9.88. The summed E-state index contributed by atoms with van der Waals surface area (Å²) in [5.74, 6) is -1.70. The van der Waals surface area contributed by atoms with E-state index in [1.54, 1.807) is 12.1 Å². The van der Waals surface area contributed by atoms with E-state index in [4.69, 9.17) is 9.84 Å². The normalized spacial score (nSPS) is 19.9. The number of aromatic hydroxyl groups is 1. The molecule has 2 aliphatic rings. The van der Waals surface area contributed by atoms with Crippen molar-refractivity contribution < 1.29 is 29.3 Å². The molecule has 0 bridgehead atoms. The summed E-state index contributed by atoms with van der Waals surface area (Å²) in [6.07, 6.45) is 1.42. The molecule has 0 aromatic heterocycles. The predicted molar refractivity (Wildman–Crippen MR) is 142 cm³/mol. The van der Waals surface area contributed by atoms with Gasteiger partial charge in [-0.15, -0.1) is 0 Å². The van der Waals surface area contributed by atoms with Crippen molar-refractivity contribution in [2.24, 2.45) is 5.10 Å². The number of nitrogens with one attached hydrogen (secondary N) is 1. The largest absolute Gasteiger partial charge is 0.505 e. The van der Waals surface area contributed by atoms with E-state index in [0.29, 0.717) is 37.2 Å². The number of nitrogens with zero attached hydrogens (tertiary/aromatic N) is 3. The summed E-state index contributed by atoms with van der Waals surface area (Å²) in [7, 11) is 1.54. The number of para-hydroxylation sites is 1. The third kappa shape index (κ3) is 5.71. The topological polar surface area (TPSA) is 132 Å². The first kappa shape index (κ1) is 27.3. The second-order valence-corrected chi connectivity index (χ2v) is 9.86. The number of carbonyl (C=O) groups is 3. The van der Waals surface area contributed by atoms with Gasteiger partial charge in [0.2, 0.25) is 5.78 Å². The van der Waals surface area contributed by atoms with Crippen molar-refractivity contribution >= 4 is 29.1 Å². The van der Waals surface area contributed by atoms with Crippen molar-refractivity contribution in [3.63, 3.8) is 0 Å². The van der Waals surface area contributed by atoms with Gasteiger partial charge in [-0.3, -0.25) is 24.7 Å². The fourth-order valence-corrected chi connectivity index (χ4v) is 5.11. The van der Waals surface area contributed by atoms with Crippen LogP contribution in [0.2, 0.25) is 0 Å². The number of aryl methyl sites for hydroxylation is 2. The lowest BCUT2D eigenvalue weighted by Gasteiger charge is -2.31. The minimum atomic E-state index is -0.854. The first-order valence-corrected chi connectivity index (χ1v) is 12.7. The van der Waals surface area contributed by atoms with Crippen molar-refractivity contribution in [1.29, 1.82) is 0 Å². The minimum Gasteiger partial charge on any atom is -0.505 e. The second kappa shape index (κ2) is 11.7. The number of carboxylic acids is 1. The molecule has 3 N–H and O–H groups in total. The van der Waals surface area contributed by atoms with Crippen LogP contribution in [0.1, 0.15) is 47.1 Å². The van der Waals surface area contributed by atoms with Crippen LogP contribution in [0.15, 0.2) is 41.5 Å². The lowest BCUT2D eigenvalue weighted by molar-refractivity contribution is -0.138. The fourth-order valence-electron chi connectivity index (χ4n) is 5.11. The quantitative estimate of drug-likeness (QED) is 0.338. The average molecular weight is 523 g/mol. The van der Waals surface area contributed by atoms with E-state index >= 15 is 0 Å². The van der Waals surface area contributed by atoms with Crippen molar-refractivity contribution in [2.45, 2.75) is 38.6 Å². The van der Waals surface area contributed by atoms with Gasteiger partial charge < -0.3 is 19.8 Å². The molecule has 4 rings (SSSR count). The number of benzene rings is 2. The number of hydrazone groups is 1. The highest BCUT2D eigenvalue weighted by Gasteiger charge is 2.45. The highest BCUT2D eigenvalue weighted by Crippen LogP contribution is 2.38. The molecule has 38 heavy (non-hydrogen) atoms. The number of carbonyl (C=O) groups excluding carboxylic acids is 2. The van der Waals surface area contributed by atoms with E-state index in [0.717, 1.165) is 16.7 Å². The summed E-state index contributed by atoms with van der Waals surface area (Å²) < 4.78 is 5.17. The highest BCUT2D eigenvalue weighted by molar-refractivity contribution is 6.69. The van der Waals surface area contributed by atoms with Crippen LogP contribution in [0.5, 0.6) is 5.75 Å². The van der Waals surface area contributed by atoms with Gasteiger partial charge in [-0.1, -0.05) is 30.3 Å². The van der Waals surface area contributed by atoms with Gasteiger partial charge in [0.15, 0.2) is 5.71 Å². The monoisotopic (exact) mass is 522 g/mol. The Kier molecular flexibility index (Phi) is 8.43. The third-order valence-corrected chi connectivity index (χ3v) is 7.38. The molecule has 0 aliphatic carbocycles. The Labute approximate surface area is 221 Å². The number of hydrogen-bond donors (Lipinski definition) is 3. The maximum absolute atomic E-state index is 13.4. The van der Waals surface area contributed by atoms with Crippen molar-refractivity contribution in [3.8, 4) is 5.75 Å². The Bertz CT molecular complexity index is 1250. The van der Waals surface area contributed by atoms with Gasteiger partial charge in [-0.05, 0) is 74.0 Å². The molecule has 2 aromatic carbocycles. The molecular weight excluding hydrogens is 488 g/mol. The molecule has 202 valence electrons. The number of anilines is 1. The number of phenolic OH excluding ortho intramolecular Hbond substituents is 1. The van der Waals surface area contributed by atoms with E-state index in [-0.39, 0.29) is 37.1 Å². The van der Waals surface area contributed by atoms with E-state index in [1.165, 1.54) is 12.0 Å². The molecule has 2 aliphatic heterocycles. The molecule has 0 radical (unpaired) electrons. The summed E-state index contributed by atoms with van der Waals surface area (Å²) in [6, 6.07) is 10.1. The third-order valence-electron chi connectivity index (χ3n) is 7.38. The number of phenols is 1. The van der Waals surface area contributed by atoms with E-state index in [2.05, 4.69) is 10.5 Å². The molecule has 1 amide bonds. The molecule has 10 nitrogen and oxygen atoms in total. The van der Waals surface area contributed by atoms with Gasteiger partial charge in [0.1, 0.15) is 11.8 Å². The minimum absolute atomic E-state index is 0.00436. The van der Waals surface area contributed by atoms with E-state index in [1.807, 2.05) is 43.0 Å². The summed E-state index contributed by atoms with van der Waals surface area (Å²) >= 11 is 0.